The van der Waals surface area contributed by atoms with Crippen molar-refractivity contribution in [1.82, 2.24) is 0 Å². The molecular formula is C12H9NO7. The number of nitrogen functional groups attached to an aromatic ring is 1. The number of aromatic hydroxyl groups is 6. The Hall–Kier alpha value is -3.16. The Morgan fingerprint density at radius 1 is 0.700 bits per heavy atom. The predicted octanol–water partition coefficient (Wildman–Crippen LogP) is 1.40. The lowest BCUT2D eigenvalue weighted by Crippen LogP contribution is -1.87. The zero-order valence-corrected chi connectivity index (χ0v) is 9.75. The van der Waals surface area contributed by atoms with Gasteiger partial charge in [-0.3, -0.25) is 0 Å². The van der Waals surface area contributed by atoms with Gasteiger partial charge in [0.25, 0.3) is 0 Å². The molecule has 1 heterocycles. The molecule has 8 N–H and O–H groups in total. The summed E-state index contributed by atoms with van der Waals surface area (Å²) >= 11 is 0. The highest BCUT2D eigenvalue weighted by Gasteiger charge is 2.26. The fraction of sp³-hybridized carbons (Fsp3) is 0. The van der Waals surface area contributed by atoms with E-state index in [0.717, 1.165) is 6.07 Å². The van der Waals surface area contributed by atoms with Crippen LogP contribution < -0.4 is 5.73 Å². The Morgan fingerprint density at radius 2 is 1.30 bits per heavy atom. The minimum absolute atomic E-state index is 0.239. The molecule has 0 aliphatic heterocycles. The highest BCUT2D eigenvalue weighted by molar-refractivity contribution is 6.18. The Labute approximate surface area is 110 Å². The molecular weight excluding hydrogens is 270 g/mol. The van der Waals surface area contributed by atoms with Crippen molar-refractivity contribution in [1.29, 1.82) is 0 Å². The Bertz CT molecular complexity index is 881. The van der Waals surface area contributed by atoms with Gasteiger partial charge in [-0.2, -0.15) is 0 Å². The Balaban J connectivity index is 2.72. The normalized spacial score (nSPS) is 11.4. The molecule has 0 aliphatic carbocycles. The molecule has 0 fully saturated rings. The molecule has 0 saturated carbocycles. The van der Waals surface area contributed by atoms with E-state index in [-0.39, 0.29) is 27.6 Å². The minimum atomic E-state index is -0.903. The number of rotatable bonds is 0. The standard InChI is InChI=1S/C12H9NO7/c13-6-9(18)10(19)8(17)5-4-7(16)2(14)1-3(15)11(4)20-12(5)6/h1,14-19H,13H2. The smallest absolute Gasteiger partial charge is 0.203 e. The van der Waals surface area contributed by atoms with E-state index < -0.39 is 34.5 Å². The first-order valence-corrected chi connectivity index (χ1v) is 5.37. The lowest BCUT2D eigenvalue weighted by Gasteiger charge is -2.05. The lowest BCUT2D eigenvalue weighted by molar-refractivity contribution is 0.372. The highest BCUT2D eigenvalue weighted by Crippen LogP contribution is 2.54. The summed E-state index contributed by atoms with van der Waals surface area (Å²) in [6.45, 7) is 0. The van der Waals surface area contributed by atoms with Crippen LogP contribution in [0.1, 0.15) is 0 Å². The van der Waals surface area contributed by atoms with Crippen LogP contribution in [0.2, 0.25) is 0 Å². The van der Waals surface area contributed by atoms with E-state index in [4.69, 9.17) is 10.2 Å². The van der Waals surface area contributed by atoms with E-state index in [9.17, 15) is 30.6 Å². The zero-order valence-electron chi connectivity index (χ0n) is 9.75. The van der Waals surface area contributed by atoms with Crippen molar-refractivity contribution in [3.05, 3.63) is 6.07 Å². The van der Waals surface area contributed by atoms with E-state index in [1.807, 2.05) is 0 Å². The number of nitrogens with two attached hydrogens (primary N) is 1. The molecule has 0 unspecified atom stereocenters. The van der Waals surface area contributed by atoms with Gasteiger partial charge in [0.05, 0.1) is 10.8 Å². The van der Waals surface area contributed by atoms with E-state index in [1.54, 1.807) is 0 Å². The average Bonchev–Trinajstić information content (AvgIpc) is 2.81. The monoisotopic (exact) mass is 279 g/mol. The largest absolute Gasteiger partial charge is 0.504 e. The van der Waals surface area contributed by atoms with E-state index in [0.29, 0.717) is 0 Å². The summed E-state index contributed by atoms with van der Waals surface area (Å²) in [7, 11) is 0. The summed E-state index contributed by atoms with van der Waals surface area (Å²) < 4.78 is 5.19. The Kier molecular flexibility index (Phi) is 2.05. The predicted molar refractivity (Wildman–Crippen MR) is 68.1 cm³/mol. The average molecular weight is 279 g/mol. The molecule has 104 valence electrons. The lowest BCUT2D eigenvalue weighted by atomic mass is 10.1. The number of furan rings is 1. The third-order valence-corrected chi connectivity index (χ3v) is 3.08. The number of anilines is 1. The minimum Gasteiger partial charge on any atom is -0.504 e. The first-order valence-electron chi connectivity index (χ1n) is 5.37. The van der Waals surface area contributed by atoms with Gasteiger partial charge in [0, 0.05) is 6.07 Å². The Morgan fingerprint density at radius 3 is 1.95 bits per heavy atom. The summed E-state index contributed by atoms with van der Waals surface area (Å²) in [6, 6.07) is 0.840. The van der Waals surface area contributed by atoms with Gasteiger partial charge in [0.1, 0.15) is 5.69 Å². The maximum Gasteiger partial charge on any atom is 0.203 e. The van der Waals surface area contributed by atoms with Crippen LogP contribution in [0.25, 0.3) is 21.9 Å². The molecule has 3 aromatic rings. The van der Waals surface area contributed by atoms with Crippen molar-refractivity contribution >= 4 is 27.6 Å². The second-order valence-electron chi connectivity index (χ2n) is 4.23. The molecule has 8 heteroatoms. The van der Waals surface area contributed by atoms with Crippen molar-refractivity contribution < 1.29 is 35.1 Å². The number of hydrogen-bond donors (Lipinski definition) is 7. The summed E-state index contributed by atoms with van der Waals surface area (Å²) in [5, 5.41) is 57.5. The van der Waals surface area contributed by atoms with Gasteiger partial charge in [0.2, 0.25) is 5.75 Å². The van der Waals surface area contributed by atoms with Crippen LogP contribution in [-0.2, 0) is 0 Å². The number of phenolic OH excluding ortho intramolecular Hbond substituents is 6. The number of phenols is 6. The van der Waals surface area contributed by atoms with E-state index >= 15 is 0 Å². The van der Waals surface area contributed by atoms with Crippen LogP contribution in [0.15, 0.2) is 10.5 Å². The van der Waals surface area contributed by atoms with Gasteiger partial charge in [-0.15, -0.1) is 0 Å². The molecule has 0 saturated heterocycles. The summed E-state index contributed by atoms with van der Waals surface area (Å²) in [5.41, 5.74) is 4.66. The zero-order chi connectivity index (χ0) is 14.8. The van der Waals surface area contributed by atoms with Crippen LogP contribution in [0, 0.1) is 0 Å². The van der Waals surface area contributed by atoms with Gasteiger partial charge < -0.3 is 40.8 Å². The van der Waals surface area contributed by atoms with Crippen LogP contribution >= 0.6 is 0 Å². The van der Waals surface area contributed by atoms with E-state index in [2.05, 4.69) is 0 Å². The number of benzene rings is 2. The van der Waals surface area contributed by atoms with Gasteiger partial charge in [-0.25, -0.2) is 0 Å². The maximum absolute atomic E-state index is 9.86. The molecule has 0 spiro atoms. The second kappa shape index (κ2) is 3.44. The molecule has 0 bridgehead atoms. The second-order valence-corrected chi connectivity index (χ2v) is 4.23. The molecule has 3 rings (SSSR count). The molecule has 0 amide bonds. The fourth-order valence-corrected chi connectivity index (χ4v) is 2.11. The van der Waals surface area contributed by atoms with Gasteiger partial charge in [-0.05, 0) is 0 Å². The quantitative estimate of drug-likeness (QED) is 0.184. The molecule has 0 atom stereocenters. The van der Waals surface area contributed by atoms with Crippen molar-refractivity contribution in [2.75, 3.05) is 5.73 Å². The van der Waals surface area contributed by atoms with Gasteiger partial charge in [0.15, 0.2) is 39.9 Å². The van der Waals surface area contributed by atoms with Crippen LogP contribution in [0.4, 0.5) is 5.69 Å². The third kappa shape index (κ3) is 1.19. The van der Waals surface area contributed by atoms with Crippen LogP contribution in [0.3, 0.4) is 0 Å². The SMILES string of the molecule is Nc1c(O)c(O)c(O)c2c1oc1c(O)cc(O)c(O)c12. The number of fused-ring (bicyclic) bond motifs is 3. The molecule has 20 heavy (non-hydrogen) atoms. The summed E-state index contributed by atoms with van der Waals surface area (Å²) in [6.07, 6.45) is 0. The van der Waals surface area contributed by atoms with Gasteiger partial charge in [-0.1, -0.05) is 0 Å². The molecule has 2 aromatic carbocycles. The topological polar surface area (TPSA) is 161 Å². The summed E-state index contributed by atoms with van der Waals surface area (Å²) in [4.78, 5) is 0. The van der Waals surface area contributed by atoms with Crippen LogP contribution in [0.5, 0.6) is 34.5 Å². The van der Waals surface area contributed by atoms with Crippen LogP contribution in [-0.4, -0.2) is 30.6 Å². The molecule has 8 nitrogen and oxygen atoms in total. The molecule has 1 aromatic heterocycles. The van der Waals surface area contributed by atoms with Crippen molar-refractivity contribution in [3.63, 3.8) is 0 Å². The molecule has 0 radical (unpaired) electrons. The summed E-state index contributed by atoms with van der Waals surface area (Å²) in [5.74, 6) is -4.33. The van der Waals surface area contributed by atoms with E-state index in [1.165, 1.54) is 0 Å². The fourth-order valence-electron chi connectivity index (χ4n) is 2.11. The maximum atomic E-state index is 9.86. The first-order chi connectivity index (χ1) is 9.34. The first kappa shape index (κ1) is 11.9. The van der Waals surface area contributed by atoms with Crippen molar-refractivity contribution in [2.45, 2.75) is 0 Å². The van der Waals surface area contributed by atoms with Gasteiger partial charge >= 0.3 is 0 Å². The molecule has 0 aliphatic rings. The van der Waals surface area contributed by atoms with Crippen molar-refractivity contribution in [2.24, 2.45) is 0 Å². The van der Waals surface area contributed by atoms with Crippen molar-refractivity contribution in [3.8, 4) is 34.5 Å². The third-order valence-electron chi connectivity index (χ3n) is 3.08. The highest BCUT2D eigenvalue weighted by atomic mass is 16.4. The number of hydrogen-bond acceptors (Lipinski definition) is 8.